The van der Waals surface area contributed by atoms with Crippen LogP contribution in [0, 0.1) is 0 Å². The van der Waals surface area contributed by atoms with Gasteiger partial charge in [-0.25, -0.2) is 9.78 Å². The van der Waals surface area contributed by atoms with Gasteiger partial charge in [-0.15, -0.1) is 11.3 Å². The van der Waals surface area contributed by atoms with Crippen LogP contribution < -0.4 is 0 Å². The Morgan fingerprint density at radius 1 is 1.30 bits per heavy atom. The van der Waals surface area contributed by atoms with Crippen LogP contribution in [0.3, 0.4) is 0 Å². The van der Waals surface area contributed by atoms with Crippen molar-refractivity contribution < 1.29 is 9.90 Å². The minimum Gasteiger partial charge on any atom is -0.478 e. The summed E-state index contributed by atoms with van der Waals surface area (Å²) < 4.78 is 1.58. The first-order valence-corrected chi connectivity index (χ1v) is 6.86. The van der Waals surface area contributed by atoms with E-state index in [9.17, 15) is 4.79 Å². The van der Waals surface area contributed by atoms with E-state index in [0.29, 0.717) is 6.54 Å². The van der Waals surface area contributed by atoms with Crippen molar-refractivity contribution in [3.63, 3.8) is 0 Å². The number of benzene rings is 1. The number of carboxylic acid groups (broad SMARTS) is 1. The van der Waals surface area contributed by atoms with Crippen molar-refractivity contribution in [2.75, 3.05) is 0 Å². The van der Waals surface area contributed by atoms with Gasteiger partial charge in [0.25, 0.3) is 0 Å². The fourth-order valence-electron chi connectivity index (χ4n) is 1.82. The van der Waals surface area contributed by atoms with Gasteiger partial charge in [-0.05, 0) is 0 Å². The highest BCUT2D eigenvalue weighted by atomic mass is 32.1. The third-order valence-corrected chi connectivity index (χ3v) is 3.72. The molecule has 0 unspecified atom stereocenters. The molecular formula is C14H11N3O2S. The summed E-state index contributed by atoms with van der Waals surface area (Å²) in [5.74, 6) is -0.973. The summed E-state index contributed by atoms with van der Waals surface area (Å²) in [7, 11) is 0. The van der Waals surface area contributed by atoms with E-state index >= 15 is 0 Å². The molecule has 20 heavy (non-hydrogen) atoms. The number of aromatic carboxylic acids is 1. The molecule has 0 atom stereocenters. The molecular weight excluding hydrogens is 274 g/mol. The Morgan fingerprint density at radius 3 is 2.80 bits per heavy atom. The molecule has 0 fully saturated rings. The molecule has 0 amide bonds. The van der Waals surface area contributed by atoms with E-state index in [-0.39, 0.29) is 5.56 Å². The van der Waals surface area contributed by atoms with Gasteiger partial charge in [0.05, 0.1) is 24.0 Å². The average molecular weight is 285 g/mol. The number of thiazole rings is 1. The number of hydrogen-bond acceptors (Lipinski definition) is 4. The fourth-order valence-corrected chi connectivity index (χ4v) is 2.64. The lowest BCUT2D eigenvalue weighted by Gasteiger charge is -1.97. The molecule has 0 bridgehead atoms. The van der Waals surface area contributed by atoms with Crippen LogP contribution in [0.15, 0.2) is 48.1 Å². The molecule has 100 valence electrons. The number of carbonyl (C=O) groups is 1. The van der Waals surface area contributed by atoms with Crippen LogP contribution in [0.2, 0.25) is 0 Å². The van der Waals surface area contributed by atoms with Gasteiger partial charge in [0, 0.05) is 17.1 Å². The molecule has 3 rings (SSSR count). The molecule has 0 saturated heterocycles. The Hall–Kier alpha value is -2.47. The van der Waals surface area contributed by atoms with E-state index in [1.807, 2.05) is 35.7 Å². The SMILES string of the molecule is O=C(O)c1cnn(Cc2csc(-c3ccccc3)n2)c1. The van der Waals surface area contributed by atoms with Gasteiger partial charge >= 0.3 is 5.97 Å². The molecule has 1 aromatic carbocycles. The van der Waals surface area contributed by atoms with Crippen LogP contribution in [0.4, 0.5) is 0 Å². The summed E-state index contributed by atoms with van der Waals surface area (Å²) >= 11 is 1.57. The molecule has 0 aliphatic carbocycles. The normalized spacial score (nSPS) is 10.6. The van der Waals surface area contributed by atoms with Crippen LogP contribution in [0.25, 0.3) is 10.6 Å². The van der Waals surface area contributed by atoms with Crippen molar-refractivity contribution >= 4 is 17.3 Å². The average Bonchev–Trinajstić information content (AvgIpc) is 3.10. The number of aromatic nitrogens is 3. The standard InChI is InChI=1S/C14H11N3O2S/c18-14(19)11-6-15-17(7-11)8-12-9-20-13(16-12)10-4-2-1-3-5-10/h1-7,9H,8H2,(H,18,19). The molecule has 0 spiro atoms. The number of nitrogens with zero attached hydrogens (tertiary/aromatic N) is 3. The van der Waals surface area contributed by atoms with Crippen LogP contribution in [-0.2, 0) is 6.54 Å². The van der Waals surface area contributed by atoms with Crippen LogP contribution in [-0.4, -0.2) is 25.8 Å². The van der Waals surface area contributed by atoms with Crippen LogP contribution in [0.5, 0.6) is 0 Å². The quantitative estimate of drug-likeness (QED) is 0.800. The van der Waals surface area contributed by atoms with Crippen molar-refractivity contribution in [3.05, 3.63) is 59.4 Å². The Labute approximate surface area is 119 Å². The zero-order valence-electron chi connectivity index (χ0n) is 10.4. The molecule has 0 saturated carbocycles. The molecule has 5 nitrogen and oxygen atoms in total. The number of rotatable bonds is 4. The van der Waals surface area contributed by atoms with Gasteiger partial charge in [-0.3, -0.25) is 4.68 Å². The van der Waals surface area contributed by atoms with E-state index in [1.54, 1.807) is 16.0 Å². The molecule has 6 heteroatoms. The zero-order chi connectivity index (χ0) is 13.9. The maximum absolute atomic E-state index is 10.8. The maximum atomic E-state index is 10.8. The van der Waals surface area contributed by atoms with Gasteiger partial charge in [-0.2, -0.15) is 5.10 Å². The van der Waals surface area contributed by atoms with E-state index in [2.05, 4.69) is 10.1 Å². The second kappa shape index (κ2) is 5.26. The molecule has 2 aromatic heterocycles. The predicted octanol–water partition coefficient (Wildman–Crippen LogP) is 2.75. The van der Waals surface area contributed by atoms with Crippen molar-refractivity contribution in [1.82, 2.24) is 14.8 Å². The first kappa shape index (κ1) is 12.6. The van der Waals surface area contributed by atoms with Crippen molar-refractivity contribution in [2.24, 2.45) is 0 Å². The largest absolute Gasteiger partial charge is 0.478 e. The fraction of sp³-hybridized carbons (Fsp3) is 0.0714. The van der Waals surface area contributed by atoms with Gasteiger partial charge in [-0.1, -0.05) is 30.3 Å². The van der Waals surface area contributed by atoms with Gasteiger partial charge < -0.3 is 5.11 Å². The maximum Gasteiger partial charge on any atom is 0.338 e. The first-order valence-electron chi connectivity index (χ1n) is 5.98. The highest BCUT2D eigenvalue weighted by Gasteiger charge is 2.08. The molecule has 1 N–H and O–H groups in total. The smallest absolute Gasteiger partial charge is 0.338 e. The molecule has 0 aliphatic rings. The third-order valence-electron chi connectivity index (χ3n) is 2.78. The number of carboxylic acids is 1. The summed E-state index contributed by atoms with van der Waals surface area (Å²) in [6.45, 7) is 0.469. The minimum absolute atomic E-state index is 0.184. The Kier molecular flexibility index (Phi) is 3.30. The van der Waals surface area contributed by atoms with Gasteiger partial charge in [0.15, 0.2) is 0 Å². The lowest BCUT2D eigenvalue weighted by atomic mass is 10.2. The summed E-state index contributed by atoms with van der Waals surface area (Å²) in [5, 5.41) is 15.8. The van der Waals surface area contributed by atoms with E-state index in [1.165, 1.54) is 12.4 Å². The van der Waals surface area contributed by atoms with Crippen molar-refractivity contribution in [2.45, 2.75) is 6.54 Å². The monoisotopic (exact) mass is 285 g/mol. The second-order valence-electron chi connectivity index (χ2n) is 4.24. The van der Waals surface area contributed by atoms with Crippen molar-refractivity contribution in [1.29, 1.82) is 0 Å². The number of hydrogen-bond donors (Lipinski definition) is 1. The summed E-state index contributed by atoms with van der Waals surface area (Å²) in [5.41, 5.74) is 2.13. The molecule has 0 radical (unpaired) electrons. The highest BCUT2D eigenvalue weighted by Crippen LogP contribution is 2.23. The Bertz CT molecular complexity index is 734. The van der Waals surface area contributed by atoms with E-state index in [4.69, 9.17) is 5.11 Å². The lowest BCUT2D eigenvalue weighted by Crippen LogP contribution is -2.00. The molecule has 3 aromatic rings. The second-order valence-corrected chi connectivity index (χ2v) is 5.10. The van der Waals surface area contributed by atoms with E-state index in [0.717, 1.165) is 16.3 Å². The minimum atomic E-state index is -0.973. The summed E-state index contributed by atoms with van der Waals surface area (Å²) in [6, 6.07) is 9.94. The van der Waals surface area contributed by atoms with Crippen LogP contribution in [0.1, 0.15) is 16.1 Å². The topological polar surface area (TPSA) is 68.0 Å². The van der Waals surface area contributed by atoms with Crippen LogP contribution >= 0.6 is 11.3 Å². The summed E-state index contributed by atoms with van der Waals surface area (Å²) in [6.07, 6.45) is 2.84. The summed E-state index contributed by atoms with van der Waals surface area (Å²) in [4.78, 5) is 15.3. The van der Waals surface area contributed by atoms with Crippen molar-refractivity contribution in [3.8, 4) is 10.6 Å². The van der Waals surface area contributed by atoms with E-state index < -0.39 is 5.97 Å². The van der Waals surface area contributed by atoms with Gasteiger partial charge in [0.2, 0.25) is 0 Å². The first-order chi connectivity index (χ1) is 9.72. The predicted molar refractivity (Wildman–Crippen MR) is 75.8 cm³/mol. The third kappa shape index (κ3) is 2.60. The lowest BCUT2D eigenvalue weighted by molar-refractivity contribution is 0.0697. The highest BCUT2D eigenvalue weighted by molar-refractivity contribution is 7.13. The Morgan fingerprint density at radius 2 is 2.10 bits per heavy atom. The Balaban J connectivity index is 1.78. The zero-order valence-corrected chi connectivity index (χ0v) is 11.2. The molecule has 2 heterocycles. The van der Waals surface area contributed by atoms with Gasteiger partial charge in [0.1, 0.15) is 5.01 Å². The molecule has 0 aliphatic heterocycles.